The molecule has 7 rings (SSSR count). The average Bonchev–Trinajstić information content (AvgIpc) is 3.65. The number of carbonyl (C=O) groups is 2. The van der Waals surface area contributed by atoms with E-state index in [1.165, 1.54) is 28.0 Å². The van der Waals surface area contributed by atoms with E-state index in [1.807, 2.05) is 32.0 Å². The molecule has 0 fully saturated rings. The number of fused-ring (bicyclic) bond motifs is 1. The fourth-order valence-electron chi connectivity index (χ4n) is 7.16. The molecule has 0 saturated heterocycles. The van der Waals surface area contributed by atoms with Gasteiger partial charge >= 0.3 is 0 Å². The topological polar surface area (TPSA) is 108 Å². The van der Waals surface area contributed by atoms with Crippen molar-refractivity contribution in [3.63, 3.8) is 0 Å². The Hall–Kier alpha value is -4.98. The second-order valence-electron chi connectivity index (χ2n) is 13.1. The first kappa shape index (κ1) is 37.3. The molecule has 11 heteroatoms. The van der Waals surface area contributed by atoms with Crippen LogP contribution in [0.3, 0.4) is 0 Å². The van der Waals surface area contributed by atoms with E-state index < -0.39 is 22.9 Å². The molecule has 1 aliphatic heterocycles. The SMILES string of the molecule is Cc1[nH]c(/C=C2\C(=O)Nc3ccc(S(=O)(=O)Cc4c(Cl)cccc4Cl)cc32)c(C)c1C(=O)NCC[P+](c1ccccc1)(c1ccccc1)c1ccccc1. The van der Waals surface area contributed by atoms with E-state index in [0.29, 0.717) is 52.0 Å². The van der Waals surface area contributed by atoms with Crippen molar-refractivity contribution in [2.75, 3.05) is 18.0 Å². The van der Waals surface area contributed by atoms with E-state index >= 15 is 0 Å². The molecule has 1 aliphatic rings. The average molecular weight is 794 g/mol. The van der Waals surface area contributed by atoms with E-state index in [9.17, 15) is 18.0 Å². The number of benzene rings is 5. The smallest absolute Gasteiger partial charge is 0.256 e. The number of nitrogens with one attached hydrogen (secondary N) is 3. The second kappa shape index (κ2) is 15.4. The molecule has 0 saturated carbocycles. The molecule has 0 aliphatic carbocycles. The predicted molar refractivity (Wildman–Crippen MR) is 223 cm³/mol. The standard InChI is InChI=1S/C43H36Cl2N3O4PS/c1-28-40(26-35-34-25-33(21-22-39(34)48-42(35)49)54(51,52)27-36-37(44)19-12-20-38(36)45)47-29(2)41(28)43(50)46-23-24-53(30-13-6-3-7-14-30,31-15-8-4-9-16-31)32-17-10-5-11-18-32/h3-22,25-26H,23-24,27H2,1-2H3,(H2-,46,47,48,49,50)/p+1. The highest BCUT2D eigenvalue weighted by atomic mass is 35.5. The summed E-state index contributed by atoms with van der Waals surface area (Å²) in [6, 6.07) is 40.9. The summed E-state index contributed by atoms with van der Waals surface area (Å²) in [7, 11) is -6.03. The van der Waals surface area contributed by atoms with Crippen LogP contribution in [0, 0.1) is 13.8 Å². The fraction of sp³-hybridized carbons (Fsp3) is 0.116. The number of carbonyl (C=O) groups excluding carboxylic acids is 2. The van der Waals surface area contributed by atoms with Gasteiger partial charge in [0.15, 0.2) is 9.84 Å². The number of anilines is 1. The zero-order valence-electron chi connectivity index (χ0n) is 29.6. The summed E-state index contributed by atoms with van der Waals surface area (Å²) in [6.45, 7) is 4.09. The minimum atomic E-state index is -3.88. The number of H-pyrrole nitrogens is 1. The first-order valence-corrected chi connectivity index (χ1v) is 21.7. The Morgan fingerprint density at radius 1 is 0.778 bits per heavy atom. The van der Waals surface area contributed by atoms with E-state index in [2.05, 4.69) is 88.4 Å². The van der Waals surface area contributed by atoms with Crippen LogP contribution in [-0.4, -0.2) is 37.9 Å². The summed E-state index contributed by atoms with van der Waals surface area (Å²) < 4.78 is 27.1. The minimum absolute atomic E-state index is 0.0273. The maximum atomic E-state index is 13.9. The molecule has 0 unspecified atom stereocenters. The van der Waals surface area contributed by atoms with Gasteiger partial charge < -0.3 is 15.6 Å². The maximum Gasteiger partial charge on any atom is 0.256 e. The quantitative estimate of drug-likeness (QED) is 0.0910. The Bertz CT molecular complexity index is 2410. The van der Waals surface area contributed by atoms with Gasteiger partial charge in [-0.05, 0) is 92.2 Å². The molecule has 0 atom stereocenters. The molecule has 6 aromatic rings. The van der Waals surface area contributed by atoms with Crippen LogP contribution in [0.15, 0.2) is 132 Å². The molecule has 54 heavy (non-hydrogen) atoms. The van der Waals surface area contributed by atoms with Gasteiger partial charge in [-0.1, -0.05) is 83.9 Å². The first-order chi connectivity index (χ1) is 26.0. The third-order valence-corrected chi connectivity index (χ3v) is 16.6. The third kappa shape index (κ3) is 7.15. The van der Waals surface area contributed by atoms with Crippen molar-refractivity contribution in [1.29, 1.82) is 0 Å². The lowest BCUT2D eigenvalue weighted by atomic mass is 10.0. The van der Waals surface area contributed by atoms with Crippen LogP contribution in [-0.2, 0) is 20.4 Å². The van der Waals surface area contributed by atoms with Gasteiger partial charge in [0.2, 0.25) is 0 Å². The van der Waals surface area contributed by atoms with Gasteiger partial charge in [0.05, 0.1) is 34.5 Å². The summed E-state index contributed by atoms with van der Waals surface area (Å²) in [5, 5.41) is 10.3. The molecule has 0 radical (unpaired) electrons. The van der Waals surface area contributed by atoms with Gasteiger partial charge in [0.25, 0.3) is 11.8 Å². The Balaban J connectivity index is 1.16. The van der Waals surface area contributed by atoms with Crippen molar-refractivity contribution < 1.29 is 18.0 Å². The largest absolute Gasteiger partial charge is 0.358 e. The minimum Gasteiger partial charge on any atom is -0.358 e. The van der Waals surface area contributed by atoms with Crippen molar-refractivity contribution in [3.8, 4) is 0 Å². The van der Waals surface area contributed by atoms with Gasteiger partial charge in [-0.3, -0.25) is 9.59 Å². The van der Waals surface area contributed by atoms with Crippen LogP contribution >= 0.6 is 30.5 Å². The van der Waals surface area contributed by atoms with Gasteiger partial charge in [-0.2, -0.15) is 0 Å². The Kier molecular flexibility index (Phi) is 10.7. The van der Waals surface area contributed by atoms with Crippen LogP contribution in [0.4, 0.5) is 5.69 Å². The molecule has 1 aromatic heterocycles. The van der Waals surface area contributed by atoms with E-state index in [4.69, 9.17) is 23.2 Å². The number of sulfone groups is 1. The van der Waals surface area contributed by atoms with Gasteiger partial charge in [0, 0.05) is 38.2 Å². The molecule has 0 spiro atoms. The zero-order chi connectivity index (χ0) is 38.0. The van der Waals surface area contributed by atoms with Crippen molar-refractivity contribution in [2.24, 2.45) is 0 Å². The second-order valence-corrected chi connectivity index (χ2v) is 19.6. The van der Waals surface area contributed by atoms with Gasteiger partial charge in [0.1, 0.15) is 23.2 Å². The lowest BCUT2D eigenvalue weighted by molar-refractivity contribution is -0.110. The van der Waals surface area contributed by atoms with Crippen molar-refractivity contribution in [3.05, 3.63) is 171 Å². The molecule has 7 nitrogen and oxygen atoms in total. The number of aromatic nitrogens is 1. The monoisotopic (exact) mass is 792 g/mol. The number of aryl methyl sites for hydroxylation is 1. The van der Waals surface area contributed by atoms with E-state index in [0.717, 1.165) is 0 Å². The highest BCUT2D eigenvalue weighted by molar-refractivity contribution is 7.95. The summed E-state index contributed by atoms with van der Waals surface area (Å²) in [5.41, 5.74) is 3.90. The molecule has 3 N–H and O–H groups in total. The lowest BCUT2D eigenvalue weighted by Crippen LogP contribution is -2.38. The summed E-state index contributed by atoms with van der Waals surface area (Å²) in [5.74, 6) is -1.00. The Labute approximate surface area is 325 Å². The van der Waals surface area contributed by atoms with Crippen LogP contribution < -0.4 is 26.5 Å². The number of hydrogen-bond donors (Lipinski definition) is 3. The molecule has 272 valence electrons. The molecule has 2 heterocycles. The maximum absolute atomic E-state index is 13.9. The third-order valence-electron chi connectivity index (χ3n) is 9.84. The number of hydrogen-bond acceptors (Lipinski definition) is 4. The van der Waals surface area contributed by atoms with E-state index in [-0.39, 0.29) is 32.3 Å². The summed E-state index contributed by atoms with van der Waals surface area (Å²) in [6.07, 6.45) is 2.37. The number of aromatic amines is 1. The normalized spacial score (nSPS) is 13.5. The molecular weight excluding hydrogens is 756 g/mol. The van der Waals surface area contributed by atoms with Crippen LogP contribution in [0.2, 0.25) is 10.0 Å². The number of rotatable bonds is 11. The molecule has 2 amide bonds. The van der Waals surface area contributed by atoms with Gasteiger partial charge in [-0.15, -0.1) is 0 Å². The molecule has 5 aromatic carbocycles. The lowest BCUT2D eigenvalue weighted by Gasteiger charge is -2.27. The van der Waals surface area contributed by atoms with Crippen molar-refractivity contribution in [1.82, 2.24) is 10.3 Å². The highest BCUT2D eigenvalue weighted by Crippen LogP contribution is 2.54. The zero-order valence-corrected chi connectivity index (χ0v) is 32.8. The predicted octanol–water partition coefficient (Wildman–Crippen LogP) is 8.13. The summed E-state index contributed by atoms with van der Waals surface area (Å²) >= 11 is 12.6. The molecular formula is C43H37Cl2N3O4PS+. The van der Waals surface area contributed by atoms with Crippen LogP contribution in [0.1, 0.15) is 38.4 Å². The van der Waals surface area contributed by atoms with Crippen molar-refractivity contribution in [2.45, 2.75) is 24.5 Å². The Morgan fingerprint density at radius 3 is 1.89 bits per heavy atom. The van der Waals surface area contributed by atoms with Crippen molar-refractivity contribution >= 4 is 85.4 Å². The van der Waals surface area contributed by atoms with Crippen LogP contribution in [0.5, 0.6) is 0 Å². The Morgan fingerprint density at radius 2 is 1.33 bits per heavy atom. The number of amides is 2. The van der Waals surface area contributed by atoms with E-state index in [1.54, 1.807) is 30.3 Å². The highest BCUT2D eigenvalue weighted by Gasteiger charge is 2.45. The van der Waals surface area contributed by atoms with Crippen LogP contribution in [0.25, 0.3) is 11.6 Å². The first-order valence-electron chi connectivity index (χ1n) is 17.3. The molecule has 0 bridgehead atoms. The fourth-order valence-corrected chi connectivity index (χ4v) is 13.4. The summed E-state index contributed by atoms with van der Waals surface area (Å²) in [4.78, 5) is 30.5. The number of halogens is 2. The van der Waals surface area contributed by atoms with Gasteiger partial charge in [-0.25, -0.2) is 8.42 Å².